The van der Waals surface area contributed by atoms with E-state index in [2.05, 4.69) is 5.32 Å². The number of hydrogen-bond acceptors (Lipinski definition) is 5. The zero-order chi connectivity index (χ0) is 24.2. The Morgan fingerprint density at radius 1 is 0.971 bits per heavy atom. The summed E-state index contributed by atoms with van der Waals surface area (Å²) < 4.78 is 5.71. The number of carboxylic acids is 1. The first-order chi connectivity index (χ1) is 16.3. The molecule has 170 valence electrons. The van der Waals surface area contributed by atoms with Crippen LogP contribution in [0.15, 0.2) is 78.4 Å². The molecule has 34 heavy (non-hydrogen) atoms. The first-order valence-corrected chi connectivity index (χ1v) is 10.4. The van der Waals surface area contributed by atoms with E-state index in [1.165, 1.54) is 18.2 Å². The Morgan fingerprint density at radius 3 is 2.29 bits per heavy atom. The van der Waals surface area contributed by atoms with E-state index in [4.69, 9.17) is 9.84 Å². The molecule has 0 radical (unpaired) electrons. The Labute approximate surface area is 195 Å². The van der Waals surface area contributed by atoms with Crippen molar-refractivity contribution < 1.29 is 29.0 Å². The number of urea groups is 1. The van der Waals surface area contributed by atoms with E-state index in [1.807, 2.05) is 0 Å². The zero-order valence-corrected chi connectivity index (χ0v) is 18.1. The molecule has 4 amide bonds. The van der Waals surface area contributed by atoms with Gasteiger partial charge in [-0.05, 0) is 60.0 Å². The van der Waals surface area contributed by atoms with Crippen LogP contribution in [0.5, 0.6) is 5.75 Å². The number of amides is 4. The summed E-state index contributed by atoms with van der Waals surface area (Å²) in [5.41, 5.74) is 2.56. The topological polar surface area (TPSA) is 113 Å². The van der Waals surface area contributed by atoms with Crippen LogP contribution < -0.4 is 15.0 Å². The van der Waals surface area contributed by atoms with E-state index >= 15 is 0 Å². The Kier molecular flexibility index (Phi) is 6.22. The van der Waals surface area contributed by atoms with Gasteiger partial charge in [-0.25, -0.2) is 14.5 Å². The third-order valence-electron chi connectivity index (χ3n) is 5.26. The van der Waals surface area contributed by atoms with E-state index in [-0.39, 0.29) is 17.7 Å². The number of anilines is 1. The number of benzene rings is 3. The Bertz CT molecular complexity index is 1310. The van der Waals surface area contributed by atoms with Gasteiger partial charge >= 0.3 is 12.0 Å². The van der Waals surface area contributed by atoms with E-state index < -0.39 is 23.8 Å². The molecule has 0 unspecified atom stereocenters. The highest BCUT2D eigenvalue weighted by molar-refractivity contribution is 6.39. The van der Waals surface area contributed by atoms with Gasteiger partial charge in [-0.1, -0.05) is 42.5 Å². The second kappa shape index (κ2) is 9.41. The quantitative estimate of drug-likeness (QED) is 0.429. The molecule has 1 aliphatic rings. The summed E-state index contributed by atoms with van der Waals surface area (Å²) >= 11 is 0. The van der Waals surface area contributed by atoms with E-state index in [0.717, 1.165) is 16.0 Å². The first kappa shape index (κ1) is 22.5. The molecule has 0 aliphatic carbocycles. The maximum absolute atomic E-state index is 13.0. The average molecular weight is 456 g/mol. The lowest BCUT2D eigenvalue weighted by molar-refractivity contribution is -0.122. The first-order valence-electron chi connectivity index (χ1n) is 10.4. The normalized spacial score (nSPS) is 14.8. The smallest absolute Gasteiger partial charge is 0.335 e. The lowest BCUT2D eigenvalue weighted by Gasteiger charge is -2.27. The van der Waals surface area contributed by atoms with Crippen molar-refractivity contribution in [2.75, 3.05) is 4.90 Å². The zero-order valence-electron chi connectivity index (χ0n) is 18.1. The summed E-state index contributed by atoms with van der Waals surface area (Å²) in [5.74, 6) is -1.90. The lowest BCUT2D eigenvalue weighted by atomic mass is 10.1. The second-order valence-corrected chi connectivity index (χ2v) is 7.60. The number of aryl methyl sites for hydroxylation is 1. The number of nitrogens with one attached hydrogen (secondary N) is 1. The number of carboxylic acid groups (broad SMARTS) is 1. The average Bonchev–Trinajstić information content (AvgIpc) is 2.82. The second-order valence-electron chi connectivity index (χ2n) is 7.60. The number of carbonyl (C=O) groups excluding carboxylic acids is 3. The van der Waals surface area contributed by atoms with Crippen LogP contribution in [-0.2, 0) is 16.2 Å². The van der Waals surface area contributed by atoms with Crippen molar-refractivity contribution in [3.8, 4) is 5.75 Å². The third kappa shape index (κ3) is 4.71. The molecular formula is C26H20N2O6. The fraction of sp³-hybridized carbons (Fsp3) is 0.0769. The minimum atomic E-state index is -0.992. The van der Waals surface area contributed by atoms with Crippen LogP contribution in [0.1, 0.15) is 27.0 Å². The summed E-state index contributed by atoms with van der Waals surface area (Å²) in [6.45, 7) is 2.02. The van der Waals surface area contributed by atoms with Gasteiger partial charge in [-0.2, -0.15) is 0 Å². The number of carbonyl (C=O) groups is 4. The molecular weight excluding hydrogens is 436 g/mol. The molecule has 0 aromatic heterocycles. The van der Waals surface area contributed by atoms with Crippen molar-refractivity contribution >= 4 is 35.6 Å². The van der Waals surface area contributed by atoms with Gasteiger partial charge in [0.25, 0.3) is 11.8 Å². The molecule has 1 heterocycles. The number of imide groups is 2. The maximum atomic E-state index is 13.0. The van der Waals surface area contributed by atoms with E-state index in [9.17, 15) is 19.2 Å². The van der Waals surface area contributed by atoms with Crippen molar-refractivity contribution in [2.24, 2.45) is 0 Å². The molecule has 0 bridgehead atoms. The molecule has 0 atom stereocenters. The van der Waals surface area contributed by atoms with Crippen LogP contribution in [-0.4, -0.2) is 28.9 Å². The molecule has 8 heteroatoms. The summed E-state index contributed by atoms with van der Waals surface area (Å²) in [6.07, 6.45) is 1.42. The monoisotopic (exact) mass is 456 g/mol. The van der Waals surface area contributed by atoms with Crippen molar-refractivity contribution in [1.29, 1.82) is 0 Å². The molecule has 0 spiro atoms. The van der Waals surface area contributed by atoms with Gasteiger partial charge in [0, 0.05) is 0 Å². The number of ether oxygens (including phenoxy) is 1. The largest absolute Gasteiger partial charge is 0.489 e. The lowest BCUT2D eigenvalue weighted by Crippen LogP contribution is -2.54. The molecule has 3 aromatic rings. The maximum Gasteiger partial charge on any atom is 0.335 e. The van der Waals surface area contributed by atoms with E-state index in [1.54, 1.807) is 67.6 Å². The van der Waals surface area contributed by atoms with Gasteiger partial charge in [0.2, 0.25) is 0 Å². The minimum Gasteiger partial charge on any atom is -0.489 e. The highest BCUT2D eigenvalue weighted by Crippen LogP contribution is 2.25. The van der Waals surface area contributed by atoms with Crippen molar-refractivity contribution in [3.63, 3.8) is 0 Å². The van der Waals surface area contributed by atoms with Gasteiger partial charge in [-0.3, -0.25) is 14.9 Å². The number of aromatic carboxylic acids is 1. The predicted octanol–water partition coefficient (Wildman–Crippen LogP) is 3.94. The summed E-state index contributed by atoms with van der Waals surface area (Å²) in [4.78, 5) is 49.6. The fourth-order valence-corrected chi connectivity index (χ4v) is 3.43. The molecule has 4 rings (SSSR count). The van der Waals surface area contributed by atoms with Gasteiger partial charge in [0.15, 0.2) is 0 Å². The number of rotatable bonds is 6. The molecule has 2 N–H and O–H groups in total. The van der Waals surface area contributed by atoms with Crippen LogP contribution in [0.3, 0.4) is 0 Å². The van der Waals surface area contributed by atoms with Crippen LogP contribution in [0.2, 0.25) is 0 Å². The Hall–Kier alpha value is -4.72. The Balaban J connectivity index is 1.49. The van der Waals surface area contributed by atoms with Crippen LogP contribution in [0, 0.1) is 6.92 Å². The number of barbiturate groups is 1. The van der Waals surface area contributed by atoms with Crippen molar-refractivity contribution in [3.05, 3.63) is 101 Å². The number of para-hydroxylation sites is 1. The Morgan fingerprint density at radius 2 is 1.65 bits per heavy atom. The van der Waals surface area contributed by atoms with E-state index in [0.29, 0.717) is 17.0 Å². The van der Waals surface area contributed by atoms with Gasteiger partial charge < -0.3 is 9.84 Å². The summed E-state index contributed by atoms with van der Waals surface area (Å²) in [5, 5.41) is 11.2. The molecule has 8 nitrogen and oxygen atoms in total. The molecule has 1 aliphatic heterocycles. The molecule has 0 saturated carbocycles. The summed E-state index contributed by atoms with van der Waals surface area (Å²) in [6, 6.07) is 19.2. The minimum absolute atomic E-state index is 0.157. The van der Waals surface area contributed by atoms with Gasteiger partial charge in [-0.15, -0.1) is 0 Å². The molecule has 1 fully saturated rings. The van der Waals surface area contributed by atoms with Crippen molar-refractivity contribution in [1.82, 2.24) is 5.32 Å². The van der Waals surface area contributed by atoms with Crippen LogP contribution in [0.25, 0.3) is 6.08 Å². The summed E-state index contributed by atoms with van der Waals surface area (Å²) in [7, 11) is 0. The standard InChI is InChI=1S/C26H20N2O6/c1-16-4-2-3-5-22(16)28-24(30)21(23(29)27-26(28)33)14-17-8-12-20(13-9-17)34-15-18-6-10-19(11-7-18)25(31)32/h2-14H,15H2,1H3,(H,31,32)(H,27,29,33)/b21-14+. The van der Waals surface area contributed by atoms with Crippen molar-refractivity contribution in [2.45, 2.75) is 13.5 Å². The molecule has 1 saturated heterocycles. The predicted molar refractivity (Wildman–Crippen MR) is 124 cm³/mol. The SMILES string of the molecule is Cc1ccccc1N1C(=O)NC(=O)/C(=C\c2ccc(OCc3ccc(C(=O)O)cc3)cc2)C1=O. The van der Waals surface area contributed by atoms with Gasteiger partial charge in [0.1, 0.15) is 17.9 Å². The van der Waals surface area contributed by atoms with Crippen LogP contribution >= 0.6 is 0 Å². The van der Waals surface area contributed by atoms with Crippen LogP contribution in [0.4, 0.5) is 10.5 Å². The third-order valence-corrected chi connectivity index (χ3v) is 5.26. The molecule has 3 aromatic carbocycles. The number of nitrogens with zero attached hydrogens (tertiary/aromatic N) is 1. The highest BCUT2D eigenvalue weighted by Gasteiger charge is 2.37. The highest BCUT2D eigenvalue weighted by atomic mass is 16.5. The number of hydrogen-bond donors (Lipinski definition) is 2. The fourth-order valence-electron chi connectivity index (χ4n) is 3.43. The van der Waals surface area contributed by atoms with Gasteiger partial charge in [0.05, 0.1) is 11.3 Å².